The van der Waals surface area contributed by atoms with E-state index < -0.39 is 19.7 Å². The van der Waals surface area contributed by atoms with Crippen LogP contribution in [0.3, 0.4) is 0 Å². The van der Waals surface area contributed by atoms with Gasteiger partial charge in [-0.05, 0) is 37.9 Å². The van der Waals surface area contributed by atoms with E-state index in [0.717, 1.165) is 18.1 Å². The highest BCUT2D eigenvalue weighted by Crippen LogP contribution is 2.27. The summed E-state index contributed by atoms with van der Waals surface area (Å²) in [5, 5.41) is 3.16. The quantitative estimate of drug-likeness (QED) is 0.773. The Hall–Kier alpha value is -1.90. The maximum atomic E-state index is 12.1. The molecular weight excluding hydrogens is 372 g/mol. The van der Waals surface area contributed by atoms with E-state index in [-0.39, 0.29) is 15.8 Å². The summed E-state index contributed by atoms with van der Waals surface area (Å²) in [5.41, 5.74) is 1.49. The molecule has 1 N–H and O–H groups in total. The van der Waals surface area contributed by atoms with Crippen LogP contribution in [-0.2, 0) is 19.7 Å². The normalized spacial score (nSPS) is 13.6. The minimum Gasteiger partial charge on any atom is -0.382 e. The Morgan fingerprint density at radius 2 is 1.54 bits per heavy atom. The number of rotatable bonds is 7. The maximum absolute atomic E-state index is 12.1. The second kappa shape index (κ2) is 7.77. The zero-order chi connectivity index (χ0) is 19.5. The molecule has 2 rings (SSSR count). The van der Waals surface area contributed by atoms with E-state index in [0.29, 0.717) is 12.2 Å². The summed E-state index contributed by atoms with van der Waals surface area (Å²) in [7, 11) is -3.18. The Balaban J connectivity index is 2.37. The number of nitrogens with zero attached hydrogens (tertiary/aromatic N) is 1. The molecule has 0 aromatic heterocycles. The lowest BCUT2D eigenvalue weighted by atomic mass is 10.1. The average Bonchev–Trinajstić information content (AvgIpc) is 2.54. The van der Waals surface area contributed by atoms with E-state index in [2.05, 4.69) is 5.32 Å². The van der Waals surface area contributed by atoms with Crippen LogP contribution in [0, 0.1) is 0 Å². The van der Waals surface area contributed by atoms with Gasteiger partial charge in [0.1, 0.15) is 0 Å². The van der Waals surface area contributed by atoms with Gasteiger partial charge < -0.3 is 10.2 Å². The Kier molecular flexibility index (Phi) is 6.10. The molecule has 0 amide bonds. The van der Waals surface area contributed by atoms with E-state index in [1.807, 2.05) is 49.3 Å². The van der Waals surface area contributed by atoms with Gasteiger partial charge in [0, 0.05) is 19.1 Å². The van der Waals surface area contributed by atoms with Gasteiger partial charge in [0.15, 0.2) is 19.7 Å². The summed E-state index contributed by atoms with van der Waals surface area (Å²) in [6.45, 7) is 0.470. The standard InChI is InChI=1S/C18H24N2O4S2/c1-20(2)17(14-8-6-5-7-9-14)13-19-16-11-10-15(25(3,21)22)12-18(16)26(4,23)24/h5-12,17,19H,13H2,1-4H3/t17-/m1/s1. The Bertz CT molecular complexity index is 970. The van der Waals surface area contributed by atoms with Gasteiger partial charge in [0.25, 0.3) is 0 Å². The molecule has 0 spiro atoms. The van der Waals surface area contributed by atoms with Crippen LogP contribution in [0.1, 0.15) is 11.6 Å². The fourth-order valence-electron chi connectivity index (χ4n) is 2.67. The largest absolute Gasteiger partial charge is 0.382 e. The zero-order valence-electron chi connectivity index (χ0n) is 15.3. The Morgan fingerprint density at radius 1 is 0.923 bits per heavy atom. The van der Waals surface area contributed by atoms with Crippen molar-refractivity contribution in [2.75, 3.05) is 38.5 Å². The fraction of sp³-hybridized carbons (Fsp3) is 0.333. The number of hydrogen-bond donors (Lipinski definition) is 1. The van der Waals surface area contributed by atoms with Gasteiger partial charge in [-0.25, -0.2) is 16.8 Å². The number of nitrogens with one attached hydrogen (secondary N) is 1. The first-order valence-corrected chi connectivity index (χ1v) is 11.8. The number of benzene rings is 2. The maximum Gasteiger partial charge on any atom is 0.177 e. The fourth-order valence-corrected chi connectivity index (χ4v) is 4.27. The van der Waals surface area contributed by atoms with Gasteiger partial charge in [-0.15, -0.1) is 0 Å². The van der Waals surface area contributed by atoms with Crippen molar-refractivity contribution >= 4 is 25.4 Å². The van der Waals surface area contributed by atoms with Gasteiger partial charge in [-0.1, -0.05) is 30.3 Å². The molecule has 26 heavy (non-hydrogen) atoms. The van der Waals surface area contributed by atoms with Crippen LogP contribution in [0.25, 0.3) is 0 Å². The first-order valence-electron chi connectivity index (χ1n) is 7.99. The van der Waals surface area contributed by atoms with Crippen LogP contribution in [-0.4, -0.2) is 54.9 Å². The van der Waals surface area contributed by atoms with Crippen molar-refractivity contribution in [3.8, 4) is 0 Å². The summed E-state index contributed by atoms with van der Waals surface area (Å²) in [6, 6.07) is 14.0. The lowest BCUT2D eigenvalue weighted by Gasteiger charge is -2.26. The van der Waals surface area contributed by atoms with Gasteiger partial charge in [-0.3, -0.25) is 0 Å². The van der Waals surface area contributed by atoms with Crippen molar-refractivity contribution in [3.63, 3.8) is 0 Å². The van der Waals surface area contributed by atoms with Crippen molar-refractivity contribution in [2.24, 2.45) is 0 Å². The van der Waals surface area contributed by atoms with Gasteiger partial charge >= 0.3 is 0 Å². The van der Waals surface area contributed by atoms with Crippen molar-refractivity contribution in [1.29, 1.82) is 0 Å². The minimum atomic E-state index is -3.59. The van der Waals surface area contributed by atoms with E-state index in [4.69, 9.17) is 0 Å². The molecule has 6 nitrogen and oxygen atoms in total. The average molecular weight is 397 g/mol. The molecule has 0 fully saturated rings. The first-order chi connectivity index (χ1) is 12.0. The molecule has 0 aliphatic carbocycles. The van der Waals surface area contributed by atoms with Crippen LogP contribution in [0.4, 0.5) is 5.69 Å². The zero-order valence-corrected chi connectivity index (χ0v) is 16.9. The predicted molar refractivity (Wildman–Crippen MR) is 104 cm³/mol. The Labute approximate surface area is 155 Å². The summed E-state index contributed by atoms with van der Waals surface area (Å²) in [4.78, 5) is 1.99. The lowest BCUT2D eigenvalue weighted by molar-refractivity contribution is 0.311. The summed E-state index contributed by atoms with van der Waals surface area (Å²) < 4.78 is 47.8. The molecular formula is C18H24N2O4S2. The molecule has 0 unspecified atom stereocenters. The van der Waals surface area contributed by atoms with Crippen molar-refractivity contribution in [2.45, 2.75) is 15.8 Å². The van der Waals surface area contributed by atoms with Crippen LogP contribution in [0.2, 0.25) is 0 Å². The number of likely N-dealkylation sites (N-methyl/N-ethyl adjacent to an activating group) is 1. The molecule has 2 aromatic rings. The minimum absolute atomic E-state index is 0.0179. The van der Waals surface area contributed by atoms with Crippen LogP contribution in [0.15, 0.2) is 58.3 Å². The van der Waals surface area contributed by atoms with Crippen LogP contribution < -0.4 is 5.32 Å². The Morgan fingerprint density at radius 3 is 2.04 bits per heavy atom. The molecule has 0 aliphatic heterocycles. The molecule has 0 bridgehead atoms. The third-order valence-electron chi connectivity index (χ3n) is 4.07. The second-order valence-electron chi connectivity index (χ2n) is 6.47. The molecule has 0 radical (unpaired) electrons. The highest BCUT2D eigenvalue weighted by atomic mass is 32.2. The molecule has 0 heterocycles. The SMILES string of the molecule is CN(C)[C@H](CNc1ccc(S(C)(=O)=O)cc1S(C)(=O)=O)c1ccccc1. The first kappa shape index (κ1) is 20.4. The van der Waals surface area contributed by atoms with Gasteiger partial charge in [-0.2, -0.15) is 0 Å². The predicted octanol–water partition coefficient (Wildman–Crippen LogP) is 2.21. The van der Waals surface area contributed by atoms with Crippen molar-refractivity contribution in [1.82, 2.24) is 4.90 Å². The third-order valence-corrected chi connectivity index (χ3v) is 6.32. The summed E-state index contributed by atoms with van der Waals surface area (Å²) in [6.07, 6.45) is 2.12. The van der Waals surface area contributed by atoms with Crippen LogP contribution in [0.5, 0.6) is 0 Å². The second-order valence-corrected chi connectivity index (χ2v) is 10.5. The van der Waals surface area contributed by atoms with Gasteiger partial charge in [0.2, 0.25) is 0 Å². The molecule has 2 aromatic carbocycles. The van der Waals surface area contributed by atoms with E-state index in [1.54, 1.807) is 0 Å². The highest BCUT2D eigenvalue weighted by molar-refractivity contribution is 7.91. The molecule has 8 heteroatoms. The van der Waals surface area contributed by atoms with E-state index >= 15 is 0 Å². The molecule has 142 valence electrons. The molecule has 0 aliphatic rings. The monoisotopic (exact) mass is 396 g/mol. The smallest absolute Gasteiger partial charge is 0.177 e. The topological polar surface area (TPSA) is 83.6 Å². The third kappa shape index (κ3) is 5.06. The summed E-state index contributed by atoms with van der Waals surface area (Å²) >= 11 is 0. The molecule has 0 saturated heterocycles. The molecule has 1 atom stereocenters. The van der Waals surface area contributed by atoms with Crippen LogP contribution >= 0.6 is 0 Å². The van der Waals surface area contributed by atoms with Gasteiger partial charge in [0.05, 0.1) is 21.5 Å². The number of anilines is 1. The highest BCUT2D eigenvalue weighted by Gasteiger charge is 2.20. The van der Waals surface area contributed by atoms with Crippen molar-refractivity contribution in [3.05, 3.63) is 54.1 Å². The van der Waals surface area contributed by atoms with E-state index in [9.17, 15) is 16.8 Å². The number of hydrogen-bond acceptors (Lipinski definition) is 6. The van der Waals surface area contributed by atoms with E-state index in [1.165, 1.54) is 18.2 Å². The lowest BCUT2D eigenvalue weighted by Crippen LogP contribution is -2.27. The summed E-state index contributed by atoms with van der Waals surface area (Å²) in [5.74, 6) is 0. The number of sulfone groups is 2. The molecule has 0 saturated carbocycles. The van der Waals surface area contributed by atoms with Crippen molar-refractivity contribution < 1.29 is 16.8 Å².